The Labute approximate surface area is 403 Å². The quantitative estimate of drug-likeness (QED) is 0.0329. The lowest BCUT2D eigenvalue weighted by Gasteiger charge is -2.36. The number of fused-ring (bicyclic) bond motifs is 7. The molecule has 3 aliphatic heterocycles. The van der Waals surface area contributed by atoms with Gasteiger partial charge in [-0.15, -0.1) is 0 Å². The van der Waals surface area contributed by atoms with Crippen molar-refractivity contribution >= 4 is 50.0 Å². The molecule has 25 heteroatoms. The van der Waals surface area contributed by atoms with Crippen LogP contribution in [0.4, 0.5) is 5.82 Å². The van der Waals surface area contributed by atoms with E-state index in [0.717, 1.165) is 18.4 Å². The monoisotopic (exact) mass is 1020 g/mol. The maximum Gasteiger partial charge on any atom is 0.340 e. The minimum absolute atomic E-state index is 0.0568. The lowest BCUT2D eigenvalue weighted by Crippen LogP contribution is -2.33. The van der Waals surface area contributed by atoms with Crippen LogP contribution in [0.1, 0.15) is 85.2 Å². The number of imidazole rings is 1. The van der Waals surface area contributed by atoms with E-state index in [2.05, 4.69) is 30.9 Å². The van der Waals surface area contributed by atoms with Crippen molar-refractivity contribution in [2.75, 3.05) is 30.9 Å². The first-order valence-corrected chi connectivity index (χ1v) is 25.8. The Hall–Kier alpha value is -6.78. The molecule has 1 spiro atoms. The molecule has 3 aliphatic rings. The molecule has 0 bridgehead atoms. The Kier molecular flexibility index (Phi) is 13.7. The van der Waals surface area contributed by atoms with Gasteiger partial charge in [0.05, 0.1) is 18.5 Å². The van der Waals surface area contributed by atoms with Gasteiger partial charge in [0.25, 0.3) is 11.8 Å². The number of nitrogens with one attached hydrogen (secondary N) is 3. The van der Waals surface area contributed by atoms with Gasteiger partial charge in [0.1, 0.15) is 47.6 Å². The molecule has 1 unspecified atom stereocenters. The van der Waals surface area contributed by atoms with Crippen molar-refractivity contribution in [3.63, 3.8) is 0 Å². The molecule has 372 valence electrons. The van der Waals surface area contributed by atoms with Gasteiger partial charge in [-0.25, -0.2) is 19.7 Å². The molecule has 0 aliphatic carbocycles. The van der Waals surface area contributed by atoms with Gasteiger partial charge in [0.15, 0.2) is 34.7 Å². The van der Waals surface area contributed by atoms with Crippen molar-refractivity contribution < 1.29 is 77.4 Å². The van der Waals surface area contributed by atoms with E-state index in [1.807, 2.05) is 0 Å². The Morgan fingerprint density at radius 2 is 1.38 bits per heavy atom. The van der Waals surface area contributed by atoms with E-state index in [1.54, 1.807) is 48.5 Å². The van der Waals surface area contributed by atoms with E-state index in [4.69, 9.17) is 28.5 Å². The van der Waals surface area contributed by atoms with E-state index >= 15 is 0 Å². The van der Waals surface area contributed by atoms with Gasteiger partial charge >= 0.3 is 21.2 Å². The molecule has 0 radical (unpaired) electrons. The molecule has 1 fully saturated rings. The predicted molar refractivity (Wildman–Crippen MR) is 249 cm³/mol. The second-order valence-corrected chi connectivity index (χ2v) is 21.1. The first kappa shape index (κ1) is 49.2. The van der Waals surface area contributed by atoms with Crippen LogP contribution in [0.15, 0.2) is 91.5 Å². The number of carbonyl (C=O) groups is 3. The number of carbonyl (C=O) groups excluding carboxylic acids is 3. The molecule has 4 aromatic carbocycles. The summed E-state index contributed by atoms with van der Waals surface area (Å²) in [5, 5.41) is 50.6. The summed E-state index contributed by atoms with van der Waals surface area (Å²) in [6, 6.07) is 20.7. The van der Waals surface area contributed by atoms with Gasteiger partial charge in [-0.05, 0) is 66.9 Å². The number of anilines is 1. The van der Waals surface area contributed by atoms with Crippen LogP contribution in [0, 0.1) is 0 Å². The third kappa shape index (κ3) is 10.2. The topological polar surface area (TPSA) is 344 Å². The Morgan fingerprint density at radius 1 is 0.761 bits per heavy atom. The molecule has 5 atom stereocenters. The number of aliphatic hydroxyl groups is 2. The molecule has 2 amide bonds. The van der Waals surface area contributed by atoms with Crippen LogP contribution in [0.25, 0.3) is 11.2 Å². The third-order valence-electron chi connectivity index (χ3n) is 12.2. The largest absolute Gasteiger partial charge is 0.508 e. The van der Waals surface area contributed by atoms with Gasteiger partial charge in [-0.2, -0.15) is 0 Å². The van der Waals surface area contributed by atoms with Crippen LogP contribution < -0.4 is 20.7 Å². The number of aromatic hydroxyl groups is 2. The van der Waals surface area contributed by atoms with Crippen LogP contribution >= 0.6 is 15.2 Å². The predicted octanol–water partition coefficient (Wildman–Crippen LogP) is 4.09. The highest BCUT2D eigenvalue weighted by Crippen LogP contribution is 2.58. The number of phenols is 2. The lowest BCUT2D eigenvalue weighted by molar-refractivity contribution is -0.0483. The SMILES string of the molecule is O=C(NCCCCCCNC(=O)c1ccc2c(c1)C(=O)OC21c2ccc(O)cc2Oc2cc(O)ccc21)c1ccc(CNc2ncnc3c2ncn3[C@@H]2O[C@H](COP(=O)(O)CP(=O)(O)O)[C@@H](O)[C@H]2O)cc1. The van der Waals surface area contributed by atoms with Crippen molar-refractivity contribution in [1.29, 1.82) is 0 Å². The highest BCUT2D eigenvalue weighted by molar-refractivity contribution is 7.70. The van der Waals surface area contributed by atoms with E-state index in [0.29, 0.717) is 59.5 Å². The normalized spacial score (nSPS) is 19.5. The van der Waals surface area contributed by atoms with Crippen LogP contribution in [0.3, 0.4) is 0 Å². The summed E-state index contributed by atoms with van der Waals surface area (Å²) in [6.45, 7) is 0.371. The minimum Gasteiger partial charge on any atom is -0.508 e. The van der Waals surface area contributed by atoms with E-state index in [-0.39, 0.29) is 58.1 Å². The molecule has 71 heavy (non-hydrogen) atoms. The standard InChI is InChI=1S/C46H47N7O16P2/c54-28-10-13-32-34(18-28)67-35-19-29(55)11-14-33(35)46(32)31-12-9-27(17-30(31)45(60)69-46)43(59)48-16-4-2-1-3-15-47-42(58)26-7-5-25(6-8-26)20-49-40-37-41(51-22-50-40)53(23-52-37)44-39(57)38(56)36(68-44)21-66-71(64,65)24-70(61,62)63/h5-14,17-19,22-23,36,38-39,44,54-57H,1-4,15-16,20-21,24H2,(H,47,58)(H,48,59)(H,64,65)(H,49,50,51)(H2,61,62,63)/t36-,38-,39-,44-/m1/s1. The van der Waals surface area contributed by atoms with Gasteiger partial charge < -0.3 is 69.8 Å². The first-order chi connectivity index (χ1) is 33.9. The van der Waals surface area contributed by atoms with Crippen LogP contribution in [0.2, 0.25) is 0 Å². The number of amides is 2. The van der Waals surface area contributed by atoms with Crippen molar-refractivity contribution in [1.82, 2.24) is 30.2 Å². The van der Waals surface area contributed by atoms with Crippen molar-refractivity contribution in [3.05, 3.63) is 130 Å². The van der Waals surface area contributed by atoms with E-state index in [1.165, 1.54) is 47.6 Å². The van der Waals surface area contributed by atoms with Crippen LogP contribution in [-0.4, -0.2) is 116 Å². The maximum absolute atomic E-state index is 13.4. The van der Waals surface area contributed by atoms with E-state index < -0.39 is 63.8 Å². The highest BCUT2D eigenvalue weighted by atomic mass is 31.2. The zero-order valence-electron chi connectivity index (χ0n) is 37.3. The average molecular weight is 1020 g/mol. The van der Waals surface area contributed by atoms with Gasteiger partial charge in [-0.1, -0.05) is 31.0 Å². The maximum atomic E-state index is 13.4. The fraction of sp³-hybridized carbons (Fsp3) is 0.304. The molecule has 1 saturated heterocycles. The number of benzene rings is 4. The number of ether oxygens (including phenoxy) is 3. The highest BCUT2D eigenvalue weighted by Gasteiger charge is 2.54. The molecule has 9 rings (SSSR count). The third-order valence-corrected chi connectivity index (χ3v) is 15.6. The number of phenolic OH excluding ortho intramolecular Hbond substituents is 2. The summed E-state index contributed by atoms with van der Waals surface area (Å²) >= 11 is 0. The Balaban J connectivity index is 0.705. The number of rotatable bonds is 18. The molecule has 0 saturated carbocycles. The summed E-state index contributed by atoms with van der Waals surface area (Å²) in [5.41, 5.74) is 2.29. The second kappa shape index (κ2) is 19.8. The Bertz CT molecular complexity index is 3080. The van der Waals surface area contributed by atoms with Crippen LogP contribution in [-0.2, 0) is 35.3 Å². The number of hydrogen-bond acceptors (Lipinski definition) is 17. The zero-order chi connectivity index (χ0) is 50.2. The summed E-state index contributed by atoms with van der Waals surface area (Å²) in [6.07, 6.45) is -0.204. The van der Waals surface area contributed by atoms with Crippen molar-refractivity contribution in [2.24, 2.45) is 0 Å². The number of unbranched alkanes of at least 4 members (excludes halogenated alkanes) is 3. The lowest BCUT2D eigenvalue weighted by atomic mass is 9.77. The molecular weight excluding hydrogens is 968 g/mol. The molecule has 10 N–H and O–H groups in total. The molecular formula is C46H47N7O16P2. The zero-order valence-corrected chi connectivity index (χ0v) is 39.1. The summed E-state index contributed by atoms with van der Waals surface area (Å²) in [5.74, 6) is -1.94. The van der Waals surface area contributed by atoms with Gasteiger partial charge in [0.2, 0.25) is 0 Å². The Morgan fingerprint density at radius 3 is 2.03 bits per heavy atom. The second-order valence-electron chi connectivity index (χ2n) is 17.1. The molecule has 5 heterocycles. The van der Waals surface area contributed by atoms with Crippen molar-refractivity contribution in [3.8, 4) is 23.0 Å². The molecule has 23 nitrogen and oxygen atoms in total. The van der Waals surface area contributed by atoms with E-state index in [9.17, 15) is 48.8 Å². The van der Waals surface area contributed by atoms with Gasteiger partial charge in [-0.3, -0.25) is 23.3 Å². The number of nitrogens with zero attached hydrogens (tertiary/aromatic N) is 4. The number of hydrogen-bond donors (Lipinski definition) is 10. The number of esters is 1. The average Bonchev–Trinajstić information content (AvgIpc) is 3.98. The fourth-order valence-corrected chi connectivity index (χ4v) is 11.3. The number of aliphatic hydroxyl groups excluding tert-OH is 2. The number of aromatic nitrogens is 4. The molecule has 6 aromatic rings. The van der Waals surface area contributed by atoms with Crippen molar-refractivity contribution in [2.45, 2.75) is 62.4 Å². The van der Waals surface area contributed by atoms with Crippen LogP contribution in [0.5, 0.6) is 23.0 Å². The fourth-order valence-electron chi connectivity index (χ4n) is 8.75. The summed E-state index contributed by atoms with van der Waals surface area (Å²) in [7, 11) is -9.63. The van der Waals surface area contributed by atoms with Gasteiger partial charge in [0, 0.05) is 59.6 Å². The molecule has 2 aromatic heterocycles. The first-order valence-electron chi connectivity index (χ1n) is 22.2. The summed E-state index contributed by atoms with van der Waals surface area (Å²) in [4.78, 5) is 80.2. The summed E-state index contributed by atoms with van der Waals surface area (Å²) < 4.78 is 47.1. The smallest absolute Gasteiger partial charge is 0.340 e. The minimum atomic E-state index is -4.88.